The first-order chi connectivity index (χ1) is 9.90. The van der Waals surface area contributed by atoms with Crippen LogP contribution in [0.15, 0.2) is 39.9 Å². The fraction of sp³-hybridized carbons (Fsp3) is 0.214. The van der Waals surface area contributed by atoms with Gasteiger partial charge >= 0.3 is 6.18 Å². The quantitative estimate of drug-likeness (QED) is 0.549. The second kappa shape index (κ2) is 6.62. The van der Waals surface area contributed by atoms with E-state index in [4.69, 9.17) is 0 Å². The molecule has 0 bridgehead atoms. The Labute approximate surface area is 132 Å². The van der Waals surface area contributed by atoms with Gasteiger partial charge in [-0.2, -0.15) is 18.3 Å². The molecule has 1 N–H and O–H groups in total. The van der Waals surface area contributed by atoms with E-state index in [1.165, 1.54) is 17.0 Å². The molecule has 1 heterocycles. The van der Waals surface area contributed by atoms with E-state index in [2.05, 4.69) is 33.4 Å². The van der Waals surface area contributed by atoms with Crippen molar-refractivity contribution in [3.05, 3.63) is 50.1 Å². The highest BCUT2D eigenvalue weighted by molar-refractivity contribution is 9.10. The number of nitrogens with one attached hydrogen (secondary N) is 1. The van der Waals surface area contributed by atoms with Crippen LogP contribution in [-0.2, 0) is 12.6 Å². The summed E-state index contributed by atoms with van der Waals surface area (Å²) >= 11 is 5.08. The summed E-state index contributed by atoms with van der Waals surface area (Å²) < 4.78 is 38.3. The Morgan fingerprint density at radius 3 is 2.48 bits per heavy atom. The SMILES string of the molecule is CCc1sc(C=NNc2ccc(C(F)(F)F)cc2)cc1Br. The van der Waals surface area contributed by atoms with E-state index in [1.807, 2.05) is 6.07 Å². The molecule has 0 spiro atoms. The summed E-state index contributed by atoms with van der Waals surface area (Å²) in [6, 6.07) is 6.70. The van der Waals surface area contributed by atoms with Gasteiger partial charge in [0.25, 0.3) is 0 Å². The predicted octanol–water partition coefficient (Wildman–Crippen LogP) is 5.54. The van der Waals surface area contributed by atoms with Gasteiger partial charge in [-0.1, -0.05) is 6.92 Å². The molecule has 2 nitrogen and oxygen atoms in total. The molecule has 21 heavy (non-hydrogen) atoms. The molecule has 0 radical (unpaired) electrons. The monoisotopic (exact) mass is 376 g/mol. The molecule has 2 rings (SSSR count). The topological polar surface area (TPSA) is 24.4 Å². The van der Waals surface area contributed by atoms with Gasteiger partial charge in [0.05, 0.1) is 17.5 Å². The van der Waals surface area contributed by atoms with Crippen molar-refractivity contribution in [2.24, 2.45) is 5.10 Å². The third-order valence-corrected chi connectivity index (χ3v) is 4.88. The van der Waals surface area contributed by atoms with Crippen molar-refractivity contribution in [2.75, 3.05) is 5.43 Å². The molecule has 112 valence electrons. The molecule has 0 fully saturated rings. The Morgan fingerprint density at radius 2 is 1.95 bits per heavy atom. The van der Waals surface area contributed by atoms with E-state index in [9.17, 15) is 13.2 Å². The predicted molar refractivity (Wildman–Crippen MR) is 84.1 cm³/mol. The standard InChI is InChI=1S/C14H12BrF3N2S/c1-2-13-12(15)7-11(21-13)8-19-20-10-5-3-9(4-6-10)14(16,17)18/h3-8,20H,2H2,1H3. The van der Waals surface area contributed by atoms with Gasteiger partial charge in [-0.15, -0.1) is 11.3 Å². The fourth-order valence-electron chi connectivity index (χ4n) is 1.63. The van der Waals surface area contributed by atoms with Gasteiger partial charge in [0.15, 0.2) is 0 Å². The average Bonchev–Trinajstić information content (AvgIpc) is 2.79. The molecule has 1 aromatic heterocycles. The van der Waals surface area contributed by atoms with Gasteiger partial charge in [0.1, 0.15) is 0 Å². The van der Waals surface area contributed by atoms with Crippen LogP contribution in [0, 0.1) is 0 Å². The number of nitrogens with zero attached hydrogens (tertiary/aromatic N) is 1. The number of anilines is 1. The molecule has 1 aromatic carbocycles. The van der Waals surface area contributed by atoms with E-state index in [0.717, 1.165) is 27.9 Å². The lowest BCUT2D eigenvalue weighted by molar-refractivity contribution is -0.137. The number of benzene rings is 1. The second-order valence-corrected chi connectivity index (χ2v) is 6.24. The fourth-order valence-corrected chi connectivity index (χ4v) is 3.42. The summed E-state index contributed by atoms with van der Waals surface area (Å²) in [7, 11) is 0. The number of hydrogen-bond acceptors (Lipinski definition) is 3. The first-order valence-electron chi connectivity index (χ1n) is 6.14. The van der Waals surface area contributed by atoms with E-state index in [0.29, 0.717) is 5.69 Å². The van der Waals surface area contributed by atoms with Crippen molar-refractivity contribution >= 4 is 39.2 Å². The zero-order chi connectivity index (χ0) is 15.5. The minimum absolute atomic E-state index is 0.505. The van der Waals surface area contributed by atoms with Crippen LogP contribution in [0.25, 0.3) is 0 Å². The number of hydrazone groups is 1. The second-order valence-electron chi connectivity index (χ2n) is 4.22. The van der Waals surface area contributed by atoms with Gasteiger partial charge in [-0.25, -0.2) is 0 Å². The highest BCUT2D eigenvalue weighted by Crippen LogP contribution is 2.30. The minimum atomic E-state index is -4.32. The number of halogens is 4. The summed E-state index contributed by atoms with van der Waals surface area (Å²) in [6.45, 7) is 2.07. The van der Waals surface area contributed by atoms with Crippen LogP contribution in [0.5, 0.6) is 0 Å². The molecule has 0 aliphatic rings. The van der Waals surface area contributed by atoms with Crippen LogP contribution in [0.2, 0.25) is 0 Å². The highest BCUT2D eigenvalue weighted by Gasteiger charge is 2.29. The number of rotatable bonds is 4. The molecule has 7 heteroatoms. The average molecular weight is 377 g/mol. The Morgan fingerprint density at radius 1 is 1.29 bits per heavy atom. The molecular formula is C14H12BrF3N2S. The molecular weight excluding hydrogens is 365 g/mol. The van der Waals surface area contributed by atoms with Crippen LogP contribution in [0.4, 0.5) is 18.9 Å². The van der Waals surface area contributed by atoms with Crippen molar-refractivity contribution in [3.63, 3.8) is 0 Å². The number of hydrogen-bond donors (Lipinski definition) is 1. The van der Waals surface area contributed by atoms with Crippen molar-refractivity contribution in [2.45, 2.75) is 19.5 Å². The maximum absolute atomic E-state index is 12.4. The van der Waals surface area contributed by atoms with Gasteiger partial charge < -0.3 is 0 Å². The van der Waals surface area contributed by atoms with Crippen LogP contribution in [-0.4, -0.2) is 6.21 Å². The van der Waals surface area contributed by atoms with Crippen molar-refractivity contribution in [3.8, 4) is 0 Å². The lowest BCUT2D eigenvalue weighted by atomic mass is 10.2. The van der Waals surface area contributed by atoms with E-state index in [-0.39, 0.29) is 0 Å². The maximum atomic E-state index is 12.4. The van der Waals surface area contributed by atoms with Crippen molar-refractivity contribution in [1.82, 2.24) is 0 Å². The number of thiophene rings is 1. The zero-order valence-electron chi connectivity index (χ0n) is 11.0. The number of aryl methyl sites for hydroxylation is 1. The molecule has 0 atom stereocenters. The molecule has 0 unspecified atom stereocenters. The van der Waals surface area contributed by atoms with Gasteiger partial charge in [-0.05, 0) is 52.7 Å². The summed E-state index contributed by atoms with van der Waals surface area (Å²) in [5.74, 6) is 0. The van der Waals surface area contributed by atoms with Crippen molar-refractivity contribution < 1.29 is 13.2 Å². The highest BCUT2D eigenvalue weighted by atomic mass is 79.9. The molecule has 0 saturated carbocycles. The van der Waals surface area contributed by atoms with Gasteiger partial charge in [0.2, 0.25) is 0 Å². The summed E-state index contributed by atoms with van der Waals surface area (Å²) in [5, 5.41) is 4.03. The lowest BCUT2D eigenvalue weighted by Crippen LogP contribution is -2.04. The van der Waals surface area contributed by atoms with E-state index in [1.54, 1.807) is 17.6 Å². The van der Waals surface area contributed by atoms with Gasteiger partial charge in [-0.3, -0.25) is 5.43 Å². The van der Waals surface area contributed by atoms with Crippen LogP contribution in [0.1, 0.15) is 22.2 Å². The third kappa shape index (κ3) is 4.31. The molecule has 0 aliphatic carbocycles. The van der Waals surface area contributed by atoms with Crippen LogP contribution >= 0.6 is 27.3 Å². The normalized spacial score (nSPS) is 12.0. The Balaban J connectivity index is 2.00. The summed E-state index contributed by atoms with van der Waals surface area (Å²) in [4.78, 5) is 2.20. The van der Waals surface area contributed by atoms with Crippen molar-refractivity contribution in [1.29, 1.82) is 0 Å². The summed E-state index contributed by atoms with van der Waals surface area (Å²) in [6.07, 6.45) is -1.74. The Hall–Kier alpha value is -1.34. The van der Waals surface area contributed by atoms with Gasteiger partial charge in [0, 0.05) is 14.2 Å². The molecule has 2 aromatic rings. The molecule has 0 saturated heterocycles. The largest absolute Gasteiger partial charge is 0.416 e. The van der Waals surface area contributed by atoms with E-state index < -0.39 is 11.7 Å². The molecule has 0 amide bonds. The lowest BCUT2D eigenvalue weighted by Gasteiger charge is -2.06. The zero-order valence-corrected chi connectivity index (χ0v) is 13.4. The first-order valence-corrected chi connectivity index (χ1v) is 7.75. The summed E-state index contributed by atoms with van der Waals surface area (Å²) in [5.41, 5.74) is 2.54. The molecule has 0 aliphatic heterocycles. The number of alkyl halides is 3. The Bertz CT molecular complexity index is 633. The van der Waals surface area contributed by atoms with Crippen LogP contribution < -0.4 is 5.43 Å². The minimum Gasteiger partial charge on any atom is -0.278 e. The third-order valence-electron chi connectivity index (χ3n) is 2.70. The first kappa shape index (κ1) is 16.0. The van der Waals surface area contributed by atoms with E-state index >= 15 is 0 Å². The maximum Gasteiger partial charge on any atom is 0.416 e. The smallest absolute Gasteiger partial charge is 0.278 e. The Kier molecular flexibility index (Phi) is 5.05. The van der Waals surface area contributed by atoms with Crippen LogP contribution in [0.3, 0.4) is 0 Å².